The van der Waals surface area contributed by atoms with Gasteiger partial charge in [-0.25, -0.2) is 0 Å². The highest BCUT2D eigenvalue weighted by Gasteiger charge is 2.42. The number of hydrogen-bond donors (Lipinski definition) is 3. The third-order valence-corrected chi connectivity index (χ3v) is 6.01. The summed E-state index contributed by atoms with van der Waals surface area (Å²) >= 11 is 0. The number of benzene rings is 1. The van der Waals surface area contributed by atoms with Gasteiger partial charge in [-0.1, -0.05) is 30.3 Å². The summed E-state index contributed by atoms with van der Waals surface area (Å²) in [4.78, 5) is 16.8. The predicted octanol–water partition coefficient (Wildman–Crippen LogP) is 0.629. The van der Waals surface area contributed by atoms with Crippen LogP contribution >= 0.6 is 0 Å². The van der Waals surface area contributed by atoms with E-state index in [0.717, 1.165) is 25.9 Å². The van der Waals surface area contributed by atoms with Crippen molar-refractivity contribution in [1.29, 1.82) is 0 Å². The molecule has 27 heavy (non-hydrogen) atoms. The summed E-state index contributed by atoms with van der Waals surface area (Å²) in [6.07, 6.45) is 3.50. The fraction of sp³-hybridized carbons (Fsp3) is 0.667. The maximum absolute atomic E-state index is 12.8. The van der Waals surface area contributed by atoms with E-state index >= 15 is 0 Å². The first-order chi connectivity index (χ1) is 12.9. The van der Waals surface area contributed by atoms with Crippen LogP contribution < -0.4 is 5.32 Å². The number of nitrogens with one attached hydrogen (secondary N) is 1. The number of hydrogen-bond acceptors (Lipinski definition) is 5. The van der Waals surface area contributed by atoms with Gasteiger partial charge in [-0.3, -0.25) is 4.79 Å². The van der Waals surface area contributed by atoms with Gasteiger partial charge in [0, 0.05) is 39.3 Å². The third kappa shape index (κ3) is 5.29. The van der Waals surface area contributed by atoms with Crippen LogP contribution in [0.3, 0.4) is 0 Å². The van der Waals surface area contributed by atoms with Crippen LogP contribution in [0.1, 0.15) is 31.2 Å². The number of nitrogens with zero attached hydrogens (tertiary/aromatic N) is 2. The number of carbonyl (C=O) groups excluding carboxylic acids is 1. The van der Waals surface area contributed by atoms with Crippen molar-refractivity contribution in [3.63, 3.8) is 0 Å². The maximum atomic E-state index is 12.8. The molecule has 3 rings (SSSR count). The van der Waals surface area contributed by atoms with Crippen molar-refractivity contribution < 1.29 is 15.0 Å². The van der Waals surface area contributed by atoms with E-state index in [0.29, 0.717) is 38.9 Å². The average Bonchev–Trinajstić information content (AvgIpc) is 2.67. The molecule has 0 radical (unpaired) electrons. The van der Waals surface area contributed by atoms with Crippen molar-refractivity contribution in [3.05, 3.63) is 35.9 Å². The Labute approximate surface area is 162 Å². The topological polar surface area (TPSA) is 76.0 Å². The van der Waals surface area contributed by atoms with Gasteiger partial charge in [0.05, 0.1) is 5.60 Å². The molecular formula is C21H33N3O3. The second-order valence-corrected chi connectivity index (χ2v) is 8.29. The Morgan fingerprint density at radius 2 is 1.74 bits per heavy atom. The van der Waals surface area contributed by atoms with Gasteiger partial charge in [-0.2, -0.15) is 0 Å². The van der Waals surface area contributed by atoms with Crippen molar-refractivity contribution in [2.75, 3.05) is 46.3 Å². The van der Waals surface area contributed by atoms with Gasteiger partial charge >= 0.3 is 0 Å². The van der Waals surface area contributed by atoms with Crippen molar-refractivity contribution in [2.45, 2.75) is 43.3 Å². The van der Waals surface area contributed by atoms with E-state index in [1.54, 1.807) is 4.90 Å². The largest absolute Gasteiger partial charge is 0.388 e. The number of rotatable bonds is 7. The van der Waals surface area contributed by atoms with Gasteiger partial charge in [0.1, 0.15) is 0 Å². The van der Waals surface area contributed by atoms with Crippen LogP contribution in [0.2, 0.25) is 0 Å². The summed E-state index contributed by atoms with van der Waals surface area (Å²) in [5.41, 5.74) is -0.910. The van der Waals surface area contributed by atoms with Gasteiger partial charge in [-0.05, 0) is 44.7 Å². The highest BCUT2D eigenvalue weighted by Crippen LogP contribution is 2.24. The lowest BCUT2D eigenvalue weighted by molar-refractivity contribution is -0.156. The van der Waals surface area contributed by atoms with E-state index < -0.39 is 11.2 Å². The first-order valence-electron chi connectivity index (χ1n) is 10.1. The monoisotopic (exact) mass is 375 g/mol. The van der Waals surface area contributed by atoms with E-state index in [4.69, 9.17) is 0 Å². The molecule has 3 N–H and O–H groups in total. The SMILES string of the molecule is CN1CCC(O)(CNC[C@]2(O)CCCN(CCc3ccccc3)C2=O)CC1. The zero-order chi connectivity index (χ0) is 19.3. The molecule has 0 spiro atoms. The van der Waals surface area contributed by atoms with Crippen molar-refractivity contribution in [2.24, 2.45) is 0 Å². The Morgan fingerprint density at radius 3 is 2.44 bits per heavy atom. The number of carbonyl (C=O) groups is 1. The summed E-state index contributed by atoms with van der Waals surface area (Å²) in [6, 6.07) is 10.1. The Kier molecular flexibility index (Phi) is 6.52. The van der Waals surface area contributed by atoms with Crippen molar-refractivity contribution in [3.8, 4) is 0 Å². The van der Waals surface area contributed by atoms with Crippen LogP contribution in [0.25, 0.3) is 0 Å². The molecule has 2 aliphatic heterocycles. The quantitative estimate of drug-likeness (QED) is 0.652. The molecule has 1 amide bonds. The Morgan fingerprint density at radius 1 is 1.04 bits per heavy atom. The number of amides is 1. The zero-order valence-corrected chi connectivity index (χ0v) is 16.4. The number of piperidine rings is 2. The van der Waals surface area contributed by atoms with Crippen molar-refractivity contribution >= 4 is 5.91 Å². The lowest BCUT2D eigenvalue weighted by Gasteiger charge is -2.40. The van der Waals surface area contributed by atoms with Crippen LogP contribution in [-0.2, 0) is 11.2 Å². The Hall–Kier alpha value is -1.47. The summed E-state index contributed by atoms with van der Waals surface area (Å²) in [6.45, 7) is 3.68. The van der Waals surface area contributed by atoms with E-state index in [1.807, 2.05) is 18.2 Å². The van der Waals surface area contributed by atoms with Crippen LogP contribution in [0.15, 0.2) is 30.3 Å². The standard InChI is InChI=1S/C21H33N3O3/c1-23-14-10-20(26,11-15-23)16-22-17-21(27)9-5-12-24(19(21)25)13-8-18-6-3-2-4-7-18/h2-4,6-7,22,26-27H,5,8-17H2,1H3/t21-/m1/s1. The molecule has 0 unspecified atom stereocenters. The molecule has 2 fully saturated rings. The molecule has 6 nitrogen and oxygen atoms in total. The molecule has 2 saturated heterocycles. The summed E-state index contributed by atoms with van der Waals surface area (Å²) < 4.78 is 0. The molecular weight excluding hydrogens is 342 g/mol. The minimum absolute atomic E-state index is 0.187. The van der Waals surface area contributed by atoms with Gasteiger partial charge in [0.25, 0.3) is 5.91 Å². The Balaban J connectivity index is 1.49. The van der Waals surface area contributed by atoms with E-state index in [1.165, 1.54) is 5.56 Å². The zero-order valence-electron chi connectivity index (χ0n) is 16.4. The fourth-order valence-electron chi connectivity index (χ4n) is 4.06. The minimum Gasteiger partial charge on any atom is -0.388 e. The summed E-state index contributed by atoms with van der Waals surface area (Å²) in [5.74, 6) is -0.187. The van der Waals surface area contributed by atoms with Crippen LogP contribution in [0.5, 0.6) is 0 Å². The molecule has 0 bridgehead atoms. The molecule has 0 aromatic heterocycles. The molecule has 6 heteroatoms. The second kappa shape index (κ2) is 8.69. The Bertz CT molecular complexity index is 616. The first-order valence-corrected chi connectivity index (χ1v) is 10.1. The molecule has 0 aliphatic carbocycles. The van der Waals surface area contributed by atoms with Crippen molar-refractivity contribution in [1.82, 2.24) is 15.1 Å². The molecule has 0 saturated carbocycles. The molecule has 1 atom stereocenters. The van der Waals surface area contributed by atoms with Gasteiger partial charge in [-0.15, -0.1) is 0 Å². The normalized spacial score (nSPS) is 26.3. The maximum Gasteiger partial charge on any atom is 0.255 e. The van der Waals surface area contributed by atoms with Crippen LogP contribution in [0.4, 0.5) is 0 Å². The molecule has 2 heterocycles. The van der Waals surface area contributed by atoms with Crippen LogP contribution in [0, 0.1) is 0 Å². The van der Waals surface area contributed by atoms with E-state index in [9.17, 15) is 15.0 Å². The minimum atomic E-state index is -1.36. The number of aliphatic hydroxyl groups is 2. The molecule has 1 aromatic rings. The molecule has 1 aromatic carbocycles. The summed E-state index contributed by atoms with van der Waals surface area (Å²) in [5, 5.41) is 24.8. The smallest absolute Gasteiger partial charge is 0.255 e. The first kappa shape index (κ1) is 20.3. The van der Waals surface area contributed by atoms with Gasteiger partial charge < -0.3 is 25.3 Å². The second-order valence-electron chi connectivity index (χ2n) is 8.29. The predicted molar refractivity (Wildman–Crippen MR) is 105 cm³/mol. The highest BCUT2D eigenvalue weighted by molar-refractivity contribution is 5.86. The van der Waals surface area contributed by atoms with Gasteiger partial charge in [0.15, 0.2) is 5.60 Å². The summed E-state index contributed by atoms with van der Waals surface area (Å²) in [7, 11) is 2.06. The van der Waals surface area contributed by atoms with E-state index in [2.05, 4.69) is 29.4 Å². The average molecular weight is 376 g/mol. The number of likely N-dealkylation sites (tertiary alicyclic amines) is 2. The lowest BCUT2D eigenvalue weighted by atomic mass is 9.89. The fourth-order valence-corrected chi connectivity index (χ4v) is 4.06. The van der Waals surface area contributed by atoms with E-state index in [-0.39, 0.29) is 12.5 Å². The molecule has 150 valence electrons. The molecule has 2 aliphatic rings. The highest BCUT2D eigenvalue weighted by atomic mass is 16.3. The van der Waals surface area contributed by atoms with Crippen LogP contribution in [-0.4, -0.2) is 83.4 Å². The lowest BCUT2D eigenvalue weighted by Crippen LogP contribution is -2.59. The third-order valence-electron chi connectivity index (χ3n) is 6.01. The van der Waals surface area contributed by atoms with Gasteiger partial charge in [0.2, 0.25) is 0 Å².